The molecule has 3 aromatic rings. The predicted molar refractivity (Wildman–Crippen MR) is 116 cm³/mol. The molecule has 0 saturated heterocycles. The van der Waals surface area contributed by atoms with E-state index in [0.29, 0.717) is 16.9 Å². The molecule has 0 amide bonds. The number of ether oxygens (including phenoxy) is 2. The average Bonchev–Trinajstić information content (AvgIpc) is 2.79. The minimum atomic E-state index is -4.03. The Labute approximate surface area is 185 Å². The maximum absolute atomic E-state index is 14.2. The van der Waals surface area contributed by atoms with E-state index >= 15 is 0 Å². The van der Waals surface area contributed by atoms with Crippen molar-refractivity contribution in [2.45, 2.75) is 18.0 Å². The van der Waals surface area contributed by atoms with E-state index in [1.807, 2.05) is 0 Å². The summed E-state index contributed by atoms with van der Waals surface area (Å²) in [6.45, 7) is -0.0867. The van der Waals surface area contributed by atoms with Crippen LogP contribution >= 0.6 is 0 Å². The molecule has 0 unspecified atom stereocenters. The van der Waals surface area contributed by atoms with Crippen LogP contribution in [-0.4, -0.2) is 38.0 Å². The quantitative estimate of drug-likeness (QED) is 0.521. The number of aromatic carboxylic acids is 1. The molecule has 9 heteroatoms. The fraction of sp³-hybridized carbons (Fsp3) is 0.174. The molecule has 0 atom stereocenters. The van der Waals surface area contributed by atoms with Gasteiger partial charge < -0.3 is 14.6 Å². The van der Waals surface area contributed by atoms with Gasteiger partial charge in [0.25, 0.3) is 0 Å². The van der Waals surface area contributed by atoms with E-state index in [1.165, 1.54) is 54.9 Å². The molecule has 0 spiro atoms. The Morgan fingerprint density at radius 1 is 0.906 bits per heavy atom. The second kappa shape index (κ2) is 9.80. The largest absolute Gasteiger partial charge is 0.497 e. The molecule has 0 aromatic heterocycles. The number of methoxy groups -OCH3 is 2. The lowest BCUT2D eigenvalue weighted by Crippen LogP contribution is -2.30. The zero-order valence-electron chi connectivity index (χ0n) is 17.5. The molecule has 0 aliphatic carbocycles. The molecule has 0 heterocycles. The van der Waals surface area contributed by atoms with Crippen LogP contribution in [-0.2, 0) is 23.1 Å². The highest BCUT2D eigenvalue weighted by Gasteiger charge is 2.26. The van der Waals surface area contributed by atoms with Gasteiger partial charge in [0.15, 0.2) is 11.6 Å². The highest BCUT2D eigenvalue weighted by atomic mass is 32.2. The van der Waals surface area contributed by atoms with Crippen molar-refractivity contribution in [1.82, 2.24) is 4.31 Å². The summed E-state index contributed by atoms with van der Waals surface area (Å²) in [6, 6.07) is 16.1. The van der Waals surface area contributed by atoms with Gasteiger partial charge in [-0.1, -0.05) is 18.2 Å². The molecule has 0 fully saturated rings. The highest BCUT2D eigenvalue weighted by Crippen LogP contribution is 2.25. The van der Waals surface area contributed by atoms with E-state index in [-0.39, 0.29) is 29.3 Å². The Bertz CT molecular complexity index is 1190. The van der Waals surface area contributed by atoms with E-state index in [1.54, 1.807) is 30.3 Å². The van der Waals surface area contributed by atoms with E-state index < -0.39 is 21.8 Å². The molecule has 3 aromatic carbocycles. The van der Waals surface area contributed by atoms with Crippen molar-refractivity contribution in [3.63, 3.8) is 0 Å². The monoisotopic (exact) mass is 459 g/mol. The van der Waals surface area contributed by atoms with Crippen molar-refractivity contribution in [1.29, 1.82) is 0 Å². The Balaban J connectivity index is 1.97. The molecule has 0 bridgehead atoms. The first-order chi connectivity index (χ1) is 15.2. The van der Waals surface area contributed by atoms with Crippen LogP contribution in [0.3, 0.4) is 0 Å². The lowest BCUT2D eigenvalue weighted by Gasteiger charge is -2.23. The average molecular weight is 459 g/mol. The van der Waals surface area contributed by atoms with E-state index in [4.69, 9.17) is 14.6 Å². The highest BCUT2D eigenvalue weighted by molar-refractivity contribution is 7.89. The van der Waals surface area contributed by atoms with E-state index in [9.17, 15) is 17.6 Å². The van der Waals surface area contributed by atoms with Gasteiger partial charge in [-0.3, -0.25) is 0 Å². The number of carboxylic acids is 1. The van der Waals surface area contributed by atoms with E-state index in [2.05, 4.69) is 0 Å². The summed E-state index contributed by atoms with van der Waals surface area (Å²) >= 11 is 0. The molecule has 0 saturated carbocycles. The van der Waals surface area contributed by atoms with Gasteiger partial charge in [-0.05, 0) is 59.7 Å². The normalized spacial score (nSPS) is 11.4. The van der Waals surface area contributed by atoms with Crippen LogP contribution in [0.5, 0.6) is 11.5 Å². The van der Waals surface area contributed by atoms with Crippen molar-refractivity contribution in [2.75, 3.05) is 14.2 Å². The molecule has 168 valence electrons. The first-order valence-corrected chi connectivity index (χ1v) is 11.0. The number of sulfonamides is 1. The number of hydrogen-bond donors (Lipinski definition) is 1. The summed E-state index contributed by atoms with van der Waals surface area (Å²) in [7, 11) is -1.15. The van der Waals surface area contributed by atoms with Crippen LogP contribution in [0, 0.1) is 5.82 Å². The van der Waals surface area contributed by atoms with Crippen molar-refractivity contribution >= 4 is 16.0 Å². The Morgan fingerprint density at radius 3 is 2.03 bits per heavy atom. The summed E-state index contributed by atoms with van der Waals surface area (Å²) in [4.78, 5) is 11.0. The summed E-state index contributed by atoms with van der Waals surface area (Å²) in [5.41, 5.74) is 1.11. The van der Waals surface area contributed by atoms with Gasteiger partial charge >= 0.3 is 5.97 Å². The van der Waals surface area contributed by atoms with E-state index in [0.717, 1.165) is 0 Å². The second-order valence-corrected chi connectivity index (χ2v) is 8.86. The number of nitrogens with zero attached hydrogens (tertiary/aromatic N) is 1. The summed E-state index contributed by atoms with van der Waals surface area (Å²) < 4.78 is 52.2. The van der Waals surface area contributed by atoms with Gasteiger partial charge in [0.2, 0.25) is 10.0 Å². The van der Waals surface area contributed by atoms with Crippen LogP contribution in [0.15, 0.2) is 71.6 Å². The first kappa shape index (κ1) is 23.2. The lowest BCUT2D eigenvalue weighted by molar-refractivity contribution is 0.0696. The third-order valence-electron chi connectivity index (χ3n) is 4.83. The van der Waals surface area contributed by atoms with Crippen LogP contribution in [0.25, 0.3) is 0 Å². The number of halogens is 1. The zero-order valence-corrected chi connectivity index (χ0v) is 18.3. The summed E-state index contributed by atoms with van der Waals surface area (Å²) in [5, 5.41) is 9.07. The third kappa shape index (κ3) is 5.24. The molecular formula is C23H22FNO6S. The van der Waals surface area contributed by atoms with Crippen molar-refractivity contribution in [3.05, 3.63) is 89.2 Å². The molecule has 3 rings (SSSR count). The summed E-state index contributed by atoms with van der Waals surface area (Å²) in [6.07, 6.45) is 0. The molecule has 0 radical (unpaired) electrons. The lowest BCUT2D eigenvalue weighted by atomic mass is 10.2. The Kier molecular flexibility index (Phi) is 7.12. The number of benzene rings is 3. The van der Waals surface area contributed by atoms with Crippen LogP contribution < -0.4 is 9.47 Å². The fourth-order valence-electron chi connectivity index (χ4n) is 3.09. The maximum atomic E-state index is 14.2. The molecule has 7 nitrogen and oxygen atoms in total. The van der Waals surface area contributed by atoms with Crippen LogP contribution in [0.1, 0.15) is 21.5 Å². The minimum Gasteiger partial charge on any atom is -0.497 e. The van der Waals surface area contributed by atoms with Gasteiger partial charge in [-0.2, -0.15) is 4.31 Å². The third-order valence-corrected chi connectivity index (χ3v) is 6.64. The van der Waals surface area contributed by atoms with Crippen molar-refractivity contribution in [2.24, 2.45) is 0 Å². The summed E-state index contributed by atoms with van der Waals surface area (Å²) in [5.74, 6) is -1.07. The molecule has 0 aliphatic heterocycles. The standard InChI is InChI=1S/C23H22FNO6S/c1-30-19-8-3-16(4-9-19)14-25(15-17-5-12-22(31-2)21(24)13-17)32(28,29)20-10-6-18(7-11-20)23(26)27/h3-13H,14-15H2,1-2H3,(H,26,27). The van der Waals surface area contributed by atoms with Gasteiger partial charge in [0, 0.05) is 13.1 Å². The SMILES string of the molecule is COc1ccc(CN(Cc2ccc(OC)c(F)c2)S(=O)(=O)c2ccc(C(=O)O)cc2)cc1. The van der Waals surface area contributed by atoms with Gasteiger partial charge in [-0.15, -0.1) is 0 Å². The number of carboxylic acid groups (broad SMARTS) is 1. The number of rotatable bonds is 9. The predicted octanol–water partition coefficient (Wildman–Crippen LogP) is 3.93. The van der Waals surface area contributed by atoms with Crippen LogP contribution in [0.4, 0.5) is 4.39 Å². The molecule has 1 N–H and O–H groups in total. The molecular weight excluding hydrogens is 437 g/mol. The van der Waals surface area contributed by atoms with Crippen LogP contribution in [0.2, 0.25) is 0 Å². The fourth-order valence-corrected chi connectivity index (χ4v) is 4.51. The topological polar surface area (TPSA) is 93.1 Å². The maximum Gasteiger partial charge on any atom is 0.335 e. The first-order valence-electron chi connectivity index (χ1n) is 9.53. The van der Waals surface area contributed by atoms with Gasteiger partial charge in [-0.25, -0.2) is 17.6 Å². The van der Waals surface area contributed by atoms with Crippen molar-refractivity contribution < 1.29 is 32.2 Å². The van der Waals surface area contributed by atoms with Gasteiger partial charge in [0.05, 0.1) is 24.7 Å². The smallest absolute Gasteiger partial charge is 0.335 e. The number of carbonyl (C=O) groups is 1. The number of hydrogen-bond acceptors (Lipinski definition) is 5. The Hall–Kier alpha value is -3.43. The molecule has 32 heavy (non-hydrogen) atoms. The Morgan fingerprint density at radius 2 is 1.50 bits per heavy atom. The second-order valence-electron chi connectivity index (χ2n) is 6.92. The zero-order chi connectivity index (χ0) is 23.3. The minimum absolute atomic E-state index is 0.0145. The van der Waals surface area contributed by atoms with Gasteiger partial charge in [0.1, 0.15) is 5.75 Å². The van der Waals surface area contributed by atoms with Crippen molar-refractivity contribution in [3.8, 4) is 11.5 Å². The molecule has 0 aliphatic rings.